The van der Waals surface area contributed by atoms with Gasteiger partial charge in [0.1, 0.15) is 5.75 Å². The number of benzene rings is 2. The first kappa shape index (κ1) is 20.8. The predicted octanol–water partition coefficient (Wildman–Crippen LogP) is 2.66. The molecule has 7 heteroatoms. The van der Waals surface area contributed by atoms with Gasteiger partial charge >= 0.3 is 0 Å². The van der Waals surface area contributed by atoms with Gasteiger partial charge in [0.25, 0.3) is 0 Å². The molecule has 0 unspecified atom stereocenters. The van der Waals surface area contributed by atoms with E-state index in [2.05, 4.69) is 15.6 Å². The van der Waals surface area contributed by atoms with Crippen molar-refractivity contribution in [1.29, 1.82) is 0 Å². The van der Waals surface area contributed by atoms with Gasteiger partial charge in [-0.05, 0) is 48.7 Å². The number of aliphatic imine (C=N–C) groups is 1. The number of nitrogens with zero attached hydrogens (tertiary/aromatic N) is 1. The molecule has 2 aromatic rings. The lowest BCUT2D eigenvalue weighted by Crippen LogP contribution is -2.36. The fourth-order valence-electron chi connectivity index (χ4n) is 2.71. The molecule has 146 valence electrons. The standard InChI is InChI=1S/C20H27N3O3S/c1-5-21-20(22-13-16-7-6-8-18(12-16)26-3)23-14-17-9-10-19(15(2)11-17)27(4,24)25/h6-12H,5,13-14H2,1-4H3,(H2,21,22,23). The maximum atomic E-state index is 11.7. The highest BCUT2D eigenvalue weighted by Crippen LogP contribution is 2.16. The molecule has 0 amide bonds. The van der Waals surface area contributed by atoms with Gasteiger partial charge in [0.15, 0.2) is 15.8 Å². The highest BCUT2D eigenvalue weighted by atomic mass is 32.2. The Labute approximate surface area is 161 Å². The SMILES string of the molecule is CCNC(=NCc1cccc(OC)c1)NCc1ccc(S(C)(=O)=O)c(C)c1. The molecule has 0 fully saturated rings. The lowest BCUT2D eigenvalue weighted by atomic mass is 10.1. The van der Waals surface area contributed by atoms with Crippen LogP contribution in [0.2, 0.25) is 0 Å². The van der Waals surface area contributed by atoms with E-state index in [1.165, 1.54) is 6.26 Å². The molecule has 0 aromatic heterocycles. The molecular formula is C20H27N3O3S. The number of hydrogen-bond donors (Lipinski definition) is 2. The van der Waals surface area contributed by atoms with Crippen molar-refractivity contribution in [3.63, 3.8) is 0 Å². The Kier molecular flexibility index (Phi) is 7.24. The zero-order chi connectivity index (χ0) is 19.9. The van der Waals surface area contributed by atoms with E-state index < -0.39 is 9.84 Å². The average molecular weight is 390 g/mol. The molecule has 0 saturated heterocycles. The van der Waals surface area contributed by atoms with Gasteiger partial charge in [0.05, 0.1) is 18.6 Å². The van der Waals surface area contributed by atoms with Crippen LogP contribution in [0.5, 0.6) is 5.75 Å². The fourth-order valence-corrected chi connectivity index (χ4v) is 3.67. The van der Waals surface area contributed by atoms with E-state index in [9.17, 15) is 8.42 Å². The van der Waals surface area contributed by atoms with Crippen molar-refractivity contribution in [2.24, 2.45) is 4.99 Å². The van der Waals surface area contributed by atoms with Crippen LogP contribution in [-0.2, 0) is 22.9 Å². The van der Waals surface area contributed by atoms with E-state index in [0.717, 1.165) is 29.0 Å². The fraction of sp³-hybridized carbons (Fsp3) is 0.350. The summed E-state index contributed by atoms with van der Waals surface area (Å²) in [6, 6.07) is 13.2. The predicted molar refractivity (Wildman–Crippen MR) is 109 cm³/mol. The van der Waals surface area contributed by atoms with Gasteiger partial charge in [-0.15, -0.1) is 0 Å². The number of guanidine groups is 1. The van der Waals surface area contributed by atoms with E-state index in [-0.39, 0.29) is 0 Å². The number of methoxy groups -OCH3 is 1. The minimum atomic E-state index is -3.20. The number of ether oxygens (including phenoxy) is 1. The number of rotatable bonds is 7. The Morgan fingerprint density at radius 2 is 1.89 bits per heavy atom. The van der Waals surface area contributed by atoms with Crippen LogP contribution in [-0.4, -0.2) is 34.3 Å². The van der Waals surface area contributed by atoms with Gasteiger partial charge < -0.3 is 15.4 Å². The van der Waals surface area contributed by atoms with Gasteiger partial charge in [-0.3, -0.25) is 0 Å². The van der Waals surface area contributed by atoms with Crippen molar-refractivity contribution >= 4 is 15.8 Å². The summed E-state index contributed by atoms with van der Waals surface area (Å²) < 4.78 is 28.7. The Balaban J connectivity index is 2.06. The summed E-state index contributed by atoms with van der Waals surface area (Å²) in [5, 5.41) is 6.49. The summed E-state index contributed by atoms with van der Waals surface area (Å²) in [4.78, 5) is 4.96. The highest BCUT2D eigenvalue weighted by Gasteiger charge is 2.11. The van der Waals surface area contributed by atoms with Crippen molar-refractivity contribution in [2.75, 3.05) is 19.9 Å². The summed E-state index contributed by atoms with van der Waals surface area (Å²) in [7, 11) is -1.56. The van der Waals surface area contributed by atoms with Crippen LogP contribution in [0, 0.1) is 6.92 Å². The van der Waals surface area contributed by atoms with Crippen LogP contribution >= 0.6 is 0 Å². The summed E-state index contributed by atoms with van der Waals surface area (Å²) in [5.41, 5.74) is 2.79. The molecule has 2 aromatic carbocycles. The van der Waals surface area contributed by atoms with Crippen LogP contribution in [0.25, 0.3) is 0 Å². The van der Waals surface area contributed by atoms with E-state index in [1.807, 2.05) is 50.2 Å². The maximum Gasteiger partial charge on any atom is 0.191 e. The van der Waals surface area contributed by atoms with Gasteiger partial charge in [-0.1, -0.05) is 24.3 Å². The third-order valence-electron chi connectivity index (χ3n) is 4.00. The van der Waals surface area contributed by atoms with Crippen molar-refractivity contribution in [2.45, 2.75) is 31.8 Å². The molecule has 0 aliphatic heterocycles. The lowest BCUT2D eigenvalue weighted by molar-refractivity contribution is 0.414. The largest absolute Gasteiger partial charge is 0.497 e. The third-order valence-corrected chi connectivity index (χ3v) is 5.25. The summed E-state index contributed by atoms with van der Waals surface area (Å²) >= 11 is 0. The van der Waals surface area contributed by atoms with Crippen LogP contribution in [0.4, 0.5) is 0 Å². The first-order chi connectivity index (χ1) is 12.8. The third kappa shape index (κ3) is 6.29. The topological polar surface area (TPSA) is 79.8 Å². The summed E-state index contributed by atoms with van der Waals surface area (Å²) in [5.74, 6) is 1.51. The molecular weight excluding hydrogens is 362 g/mol. The van der Waals surface area contributed by atoms with Crippen molar-refractivity contribution in [3.8, 4) is 5.75 Å². The molecule has 2 N–H and O–H groups in total. The molecule has 2 rings (SSSR count). The van der Waals surface area contributed by atoms with E-state index in [0.29, 0.717) is 23.9 Å². The number of sulfone groups is 1. The summed E-state index contributed by atoms with van der Waals surface area (Å²) in [6.07, 6.45) is 1.22. The van der Waals surface area contributed by atoms with Gasteiger partial charge in [0, 0.05) is 19.3 Å². The van der Waals surface area contributed by atoms with Crippen LogP contribution < -0.4 is 15.4 Å². The van der Waals surface area contributed by atoms with Crippen LogP contribution in [0.1, 0.15) is 23.6 Å². The molecule has 0 heterocycles. The van der Waals surface area contributed by atoms with E-state index in [4.69, 9.17) is 4.74 Å². The zero-order valence-corrected chi connectivity index (χ0v) is 17.1. The maximum absolute atomic E-state index is 11.7. The van der Waals surface area contributed by atoms with Gasteiger partial charge in [-0.25, -0.2) is 13.4 Å². The molecule has 0 aliphatic carbocycles. The molecule has 27 heavy (non-hydrogen) atoms. The number of nitrogens with one attached hydrogen (secondary N) is 2. The molecule has 0 atom stereocenters. The molecule has 0 spiro atoms. The normalized spacial score (nSPS) is 11.9. The minimum absolute atomic E-state index is 0.366. The second-order valence-corrected chi connectivity index (χ2v) is 8.26. The smallest absolute Gasteiger partial charge is 0.191 e. The monoisotopic (exact) mass is 389 g/mol. The van der Waals surface area contributed by atoms with Crippen molar-refractivity contribution in [1.82, 2.24) is 10.6 Å². The average Bonchev–Trinajstić information content (AvgIpc) is 2.63. The lowest BCUT2D eigenvalue weighted by Gasteiger charge is -2.13. The zero-order valence-electron chi connectivity index (χ0n) is 16.2. The molecule has 6 nitrogen and oxygen atoms in total. The quantitative estimate of drug-likeness (QED) is 0.562. The van der Waals surface area contributed by atoms with E-state index >= 15 is 0 Å². The first-order valence-electron chi connectivity index (χ1n) is 8.78. The molecule has 0 saturated carbocycles. The Morgan fingerprint density at radius 3 is 2.52 bits per heavy atom. The second kappa shape index (κ2) is 9.41. The second-order valence-electron chi connectivity index (χ2n) is 6.27. The Morgan fingerprint density at radius 1 is 1.11 bits per heavy atom. The van der Waals surface area contributed by atoms with Crippen molar-refractivity contribution in [3.05, 3.63) is 59.2 Å². The van der Waals surface area contributed by atoms with E-state index in [1.54, 1.807) is 13.2 Å². The summed E-state index contributed by atoms with van der Waals surface area (Å²) in [6.45, 7) is 5.64. The van der Waals surface area contributed by atoms with Crippen molar-refractivity contribution < 1.29 is 13.2 Å². The Hall–Kier alpha value is -2.54. The number of aryl methyl sites for hydroxylation is 1. The Bertz CT molecular complexity index is 908. The number of hydrogen-bond acceptors (Lipinski definition) is 4. The minimum Gasteiger partial charge on any atom is -0.497 e. The van der Waals surface area contributed by atoms with Gasteiger partial charge in [-0.2, -0.15) is 0 Å². The van der Waals surface area contributed by atoms with Crippen LogP contribution in [0.15, 0.2) is 52.4 Å². The molecule has 0 aliphatic rings. The van der Waals surface area contributed by atoms with Gasteiger partial charge in [0.2, 0.25) is 0 Å². The highest BCUT2D eigenvalue weighted by molar-refractivity contribution is 7.90. The molecule has 0 bridgehead atoms. The van der Waals surface area contributed by atoms with Crippen LogP contribution in [0.3, 0.4) is 0 Å². The molecule has 0 radical (unpaired) electrons. The first-order valence-corrected chi connectivity index (χ1v) is 10.7.